The fourth-order valence-electron chi connectivity index (χ4n) is 4.53. The average molecular weight is 485 g/mol. The number of aromatic nitrogens is 3. The average Bonchev–Trinajstić information content (AvgIpc) is 3.47. The predicted octanol–water partition coefficient (Wildman–Crippen LogP) is 4.01. The van der Waals surface area contributed by atoms with Crippen LogP contribution in [-0.4, -0.2) is 53.6 Å². The van der Waals surface area contributed by atoms with Gasteiger partial charge in [0.15, 0.2) is 16.7 Å². The molecule has 5 rings (SSSR count). The molecular formula is C23H28N6O4S. The largest absolute Gasteiger partial charge is 0.481 e. The summed E-state index contributed by atoms with van der Waals surface area (Å²) >= 11 is 1.51. The Bertz CT molecular complexity index is 1160. The number of carbonyl (C=O) groups is 1. The smallest absolute Gasteiger partial charge is 0.321 e. The molecular weight excluding hydrogens is 456 g/mol. The highest BCUT2D eigenvalue weighted by atomic mass is 32.1. The summed E-state index contributed by atoms with van der Waals surface area (Å²) in [6, 6.07) is 7.52. The van der Waals surface area contributed by atoms with Gasteiger partial charge in [-0.15, -0.1) is 0 Å². The van der Waals surface area contributed by atoms with Crippen LogP contribution in [0.5, 0.6) is 5.88 Å². The van der Waals surface area contributed by atoms with Gasteiger partial charge in [0, 0.05) is 43.9 Å². The Labute approximate surface area is 201 Å². The minimum Gasteiger partial charge on any atom is -0.481 e. The van der Waals surface area contributed by atoms with Crippen LogP contribution in [0, 0.1) is 0 Å². The highest BCUT2D eigenvalue weighted by molar-refractivity contribution is 7.16. The van der Waals surface area contributed by atoms with E-state index in [0.29, 0.717) is 35.7 Å². The summed E-state index contributed by atoms with van der Waals surface area (Å²) in [4.78, 5) is 24.9. The van der Waals surface area contributed by atoms with Crippen LogP contribution in [0.2, 0.25) is 0 Å². The first-order chi connectivity index (χ1) is 16.5. The van der Waals surface area contributed by atoms with Crippen molar-refractivity contribution in [3.05, 3.63) is 34.8 Å². The standard InChI is InChI=1S/C23H28N6O4S/c1-13-11-17-21(34-23(26-17)27-22(30)24-15-7-9-32-10-8-15)14(2)29(13)19-12-18(33-28-19)16-5-4-6-20(25-16)31-3/h4-6,12-15H,7-11H2,1-3H3,(H2,24,26,27,30)/t13-,14+/m1/s1. The third-order valence-corrected chi connectivity index (χ3v) is 7.40. The number of hydrogen-bond acceptors (Lipinski definition) is 9. The Balaban J connectivity index is 1.31. The van der Waals surface area contributed by atoms with E-state index in [4.69, 9.17) is 19.0 Å². The Kier molecular flexibility index (Phi) is 6.38. The van der Waals surface area contributed by atoms with E-state index in [9.17, 15) is 4.79 Å². The van der Waals surface area contributed by atoms with Gasteiger partial charge in [-0.1, -0.05) is 22.6 Å². The van der Waals surface area contributed by atoms with E-state index >= 15 is 0 Å². The molecule has 0 radical (unpaired) electrons. The molecule has 11 heteroatoms. The van der Waals surface area contributed by atoms with Crippen LogP contribution < -0.4 is 20.3 Å². The maximum Gasteiger partial charge on any atom is 0.321 e. The van der Waals surface area contributed by atoms with E-state index in [0.717, 1.165) is 35.7 Å². The van der Waals surface area contributed by atoms with Crippen LogP contribution in [0.25, 0.3) is 11.5 Å². The molecule has 2 aliphatic heterocycles. The number of nitrogens with zero attached hydrogens (tertiary/aromatic N) is 4. The number of ether oxygens (including phenoxy) is 2. The van der Waals surface area contributed by atoms with Crippen LogP contribution in [0.1, 0.15) is 43.3 Å². The fourth-order valence-corrected chi connectivity index (χ4v) is 5.57. The maximum absolute atomic E-state index is 12.5. The third-order valence-electron chi connectivity index (χ3n) is 6.21. The molecule has 0 spiro atoms. The topological polar surface area (TPSA) is 115 Å². The van der Waals surface area contributed by atoms with Crippen molar-refractivity contribution in [1.82, 2.24) is 20.4 Å². The zero-order valence-electron chi connectivity index (χ0n) is 19.4. The van der Waals surface area contributed by atoms with Crippen LogP contribution in [0.4, 0.5) is 15.7 Å². The van der Waals surface area contributed by atoms with Gasteiger partial charge in [-0.05, 0) is 32.8 Å². The quantitative estimate of drug-likeness (QED) is 0.558. The van der Waals surface area contributed by atoms with Crippen molar-refractivity contribution in [3.8, 4) is 17.3 Å². The van der Waals surface area contributed by atoms with Crippen molar-refractivity contribution < 1.29 is 18.8 Å². The second-order valence-electron chi connectivity index (χ2n) is 8.57. The van der Waals surface area contributed by atoms with E-state index in [1.807, 2.05) is 18.2 Å². The molecule has 1 fully saturated rings. The monoisotopic (exact) mass is 484 g/mol. The number of pyridine rings is 1. The molecule has 0 aliphatic carbocycles. The molecule has 0 saturated carbocycles. The Morgan fingerprint density at radius 1 is 1.24 bits per heavy atom. The SMILES string of the molecule is COc1cccc(-c2cc(N3[C@H](C)Cc4nc(NC(=O)NC5CCOCC5)sc4[C@@H]3C)no2)n1. The summed E-state index contributed by atoms with van der Waals surface area (Å²) in [7, 11) is 1.58. The molecule has 0 unspecified atom stereocenters. The summed E-state index contributed by atoms with van der Waals surface area (Å²) in [5, 5.41) is 10.9. The molecule has 2 N–H and O–H groups in total. The number of methoxy groups -OCH3 is 1. The van der Waals surface area contributed by atoms with Crippen molar-refractivity contribution in [2.24, 2.45) is 0 Å². The van der Waals surface area contributed by atoms with Crippen molar-refractivity contribution in [2.45, 2.75) is 51.2 Å². The van der Waals surface area contributed by atoms with Gasteiger partial charge in [0.05, 0.1) is 23.7 Å². The molecule has 5 heterocycles. The first-order valence-electron chi connectivity index (χ1n) is 11.4. The van der Waals surface area contributed by atoms with E-state index in [1.165, 1.54) is 11.3 Å². The van der Waals surface area contributed by atoms with Crippen LogP contribution in [0.3, 0.4) is 0 Å². The van der Waals surface area contributed by atoms with Crippen molar-refractivity contribution in [3.63, 3.8) is 0 Å². The summed E-state index contributed by atoms with van der Waals surface area (Å²) in [5.41, 5.74) is 1.68. The lowest BCUT2D eigenvalue weighted by atomic mass is 10.00. The lowest BCUT2D eigenvalue weighted by Gasteiger charge is -2.37. The summed E-state index contributed by atoms with van der Waals surface area (Å²) in [6.07, 6.45) is 2.41. The van der Waals surface area contributed by atoms with Crippen LogP contribution >= 0.6 is 11.3 Å². The normalized spacial score (nSPS) is 20.6. The molecule has 3 aromatic rings. The van der Waals surface area contributed by atoms with Gasteiger partial charge >= 0.3 is 6.03 Å². The minimum atomic E-state index is -0.220. The molecule has 2 amide bonds. The molecule has 3 aromatic heterocycles. The fraction of sp³-hybridized carbons (Fsp3) is 0.478. The Morgan fingerprint density at radius 2 is 2.06 bits per heavy atom. The Morgan fingerprint density at radius 3 is 2.85 bits per heavy atom. The third kappa shape index (κ3) is 4.58. The highest BCUT2D eigenvalue weighted by Crippen LogP contribution is 2.41. The first kappa shape index (κ1) is 22.6. The molecule has 10 nitrogen and oxygen atoms in total. The lowest BCUT2D eigenvalue weighted by molar-refractivity contribution is 0.0806. The minimum absolute atomic E-state index is 0.0292. The van der Waals surface area contributed by atoms with Crippen molar-refractivity contribution >= 4 is 28.3 Å². The first-order valence-corrected chi connectivity index (χ1v) is 12.2. The Hall–Kier alpha value is -3.18. The van der Waals surface area contributed by atoms with E-state index in [2.05, 4.69) is 39.5 Å². The number of carbonyl (C=O) groups excluding carboxylic acids is 1. The summed E-state index contributed by atoms with van der Waals surface area (Å²) in [5.74, 6) is 1.84. The van der Waals surface area contributed by atoms with Crippen molar-refractivity contribution in [1.29, 1.82) is 0 Å². The van der Waals surface area contributed by atoms with Gasteiger partial charge in [-0.3, -0.25) is 5.32 Å². The molecule has 180 valence electrons. The number of thiazole rings is 1. The maximum atomic E-state index is 12.5. The molecule has 0 bridgehead atoms. The number of anilines is 2. The van der Waals surface area contributed by atoms with Crippen LogP contribution in [-0.2, 0) is 11.2 Å². The number of urea groups is 1. The highest BCUT2D eigenvalue weighted by Gasteiger charge is 2.34. The van der Waals surface area contributed by atoms with Gasteiger partial charge < -0.3 is 24.2 Å². The van der Waals surface area contributed by atoms with E-state index < -0.39 is 0 Å². The molecule has 2 atom stereocenters. The van der Waals surface area contributed by atoms with Gasteiger partial charge in [0.2, 0.25) is 5.88 Å². The number of nitrogens with one attached hydrogen (secondary N) is 2. The molecule has 0 aromatic carbocycles. The summed E-state index contributed by atoms with van der Waals surface area (Å²) in [6.45, 7) is 5.62. The predicted molar refractivity (Wildman–Crippen MR) is 128 cm³/mol. The summed E-state index contributed by atoms with van der Waals surface area (Å²) < 4.78 is 16.2. The lowest BCUT2D eigenvalue weighted by Crippen LogP contribution is -2.41. The second kappa shape index (κ2) is 9.59. The molecule has 2 aliphatic rings. The van der Waals surface area contributed by atoms with Gasteiger partial charge in [-0.2, -0.15) is 0 Å². The van der Waals surface area contributed by atoms with Gasteiger partial charge in [0.25, 0.3) is 0 Å². The molecule has 1 saturated heterocycles. The zero-order valence-corrected chi connectivity index (χ0v) is 20.2. The number of fused-ring (bicyclic) bond motifs is 1. The second-order valence-corrected chi connectivity index (χ2v) is 9.60. The zero-order chi connectivity index (χ0) is 23.7. The number of rotatable bonds is 5. The number of amides is 2. The molecule has 34 heavy (non-hydrogen) atoms. The van der Waals surface area contributed by atoms with Gasteiger partial charge in [-0.25, -0.2) is 14.8 Å². The number of hydrogen-bond donors (Lipinski definition) is 2. The van der Waals surface area contributed by atoms with Crippen LogP contribution in [0.15, 0.2) is 28.8 Å². The van der Waals surface area contributed by atoms with Gasteiger partial charge in [0.1, 0.15) is 5.69 Å². The van der Waals surface area contributed by atoms with E-state index in [1.54, 1.807) is 13.2 Å². The van der Waals surface area contributed by atoms with E-state index in [-0.39, 0.29) is 24.2 Å². The van der Waals surface area contributed by atoms with Crippen molar-refractivity contribution in [2.75, 3.05) is 30.5 Å².